The van der Waals surface area contributed by atoms with Gasteiger partial charge in [0.15, 0.2) is 0 Å². The van der Waals surface area contributed by atoms with E-state index in [4.69, 9.17) is 0 Å². The van der Waals surface area contributed by atoms with Gasteiger partial charge in [0.05, 0.1) is 12.8 Å². The molecule has 0 bridgehead atoms. The maximum Gasteiger partial charge on any atom is 0.259 e. The molecule has 0 aromatic heterocycles. The van der Waals surface area contributed by atoms with Crippen LogP contribution in [0.3, 0.4) is 0 Å². The number of carbonyl (C=O) groups is 1. The molecule has 0 atom stereocenters. The average molecular weight is 490 g/mol. The molecule has 7 heteroatoms. The number of nitrogens with zero attached hydrogens (tertiary/aromatic N) is 1. The molecule has 1 amide bonds. The third-order valence-corrected chi connectivity index (χ3v) is 4.32. The van der Waals surface area contributed by atoms with Gasteiger partial charge in [-0.2, -0.15) is 5.10 Å². The van der Waals surface area contributed by atoms with Crippen molar-refractivity contribution in [3.05, 3.63) is 61.4 Å². The molecule has 0 spiro atoms. The van der Waals surface area contributed by atoms with E-state index in [1.165, 1.54) is 0 Å². The lowest BCUT2D eigenvalue weighted by atomic mass is 10.2. The van der Waals surface area contributed by atoms with E-state index >= 15 is 0 Å². The largest absolute Gasteiger partial charge is 0.375 e. The first-order chi connectivity index (χ1) is 10.5. The van der Waals surface area contributed by atoms with Crippen LogP contribution in [0.1, 0.15) is 5.56 Å². The van der Waals surface area contributed by atoms with Crippen LogP contribution in [0.15, 0.2) is 61.0 Å². The van der Waals surface area contributed by atoms with E-state index in [1.807, 2.05) is 42.5 Å². The van der Waals surface area contributed by atoms with Crippen LogP contribution in [-0.2, 0) is 4.79 Å². The Morgan fingerprint density at radius 3 is 2.41 bits per heavy atom. The highest BCUT2D eigenvalue weighted by molar-refractivity contribution is 9.11. The molecule has 0 saturated carbocycles. The Bertz CT molecular complexity index is 687. The van der Waals surface area contributed by atoms with Crippen LogP contribution in [0.4, 0.5) is 5.69 Å². The normalized spacial score (nSPS) is 10.7. The number of hydrogen-bond donors (Lipinski definition) is 2. The van der Waals surface area contributed by atoms with Gasteiger partial charge in [0.1, 0.15) is 0 Å². The molecule has 2 N–H and O–H groups in total. The van der Waals surface area contributed by atoms with Gasteiger partial charge in [0.2, 0.25) is 0 Å². The quantitative estimate of drug-likeness (QED) is 0.478. The minimum atomic E-state index is -0.219. The van der Waals surface area contributed by atoms with E-state index in [1.54, 1.807) is 6.21 Å². The van der Waals surface area contributed by atoms with Crippen LogP contribution in [0.5, 0.6) is 0 Å². The smallest absolute Gasteiger partial charge is 0.259 e. The summed E-state index contributed by atoms with van der Waals surface area (Å²) in [6.07, 6.45) is 1.60. The summed E-state index contributed by atoms with van der Waals surface area (Å²) in [6.45, 7) is 0.137. The van der Waals surface area contributed by atoms with E-state index in [9.17, 15) is 4.79 Å². The van der Waals surface area contributed by atoms with Gasteiger partial charge in [-0.3, -0.25) is 4.79 Å². The van der Waals surface area contributed by atoms with E-state index < -0.39 is 0 Å². The number of hydrogen-bond acceptors (Lipinski definition) is 3. The average Bonchev–Trinajstić information content (AvgIpc) is 2.48. The van der Waals surface area contributed by atoms with Crippen LogP contribution < -0.4 is 10.7 Å². The van der Waals surface area contributed by atoms with Crippen molar-refractivity contribution >= 4 is 65.6 Å². The number of hydrazone groups is 1. The molecular formula is C15H12Br3N3O. The second-order valence-electron chi connectivity index (χ2n) is 4.32. The van der Waals surface area contributed by atoms with Gasteiger partial charge in [-0.25, -0.2) is 5.43 Å². The van der Waals surface area contributed by atoms with Crippen LogP contribution in [0, 0.1) is 0 Å². The topological polar surface area (TPSA) is 53.5 Å². The Hall–Kier alpha value is -1.18. The van der Waals surface area contributed by atoms with Gasteiger partial charge < -0.3 is 5.32 Å². The monoisotopic (exact) mass is 487 g/mol. The van der Waals surface area contributed by atoms with Crippen LogP contribution in [0.2, 0.25) is 0 Å². The zero-order chi connectivity index (χ0) is 15.9. The van der Waals surface area contributed by atoms with Crippen LogP contribution in [0.25, 0.3) is 0 Å². The molecule has 0 fully saturated rings. The maximum absolute atomic E-state index is 11.7. The highest BCUT2D eigenvalue weighted by Gasteiger charge is 2.03. The molecule has 0 aliphatic heterocycles. The number of nitrogens with one attached hydrogen (secondary N) is 2. The summed E-state index contributed by atoms with van der Waals surface area (Å²) in [6, 6.07) is 13.3. The number of amides is 1. The van der Waals surface area contributed by atoms with Crippen molar-refractivity contribution in [1.29, 1.82) is 0 Å². The Morgan fingerprint density at radius 2 is 1.73 bits per heavy atom. The first kappa shape index (κ1) is 17.2. The molecule has 0 saturated heterocycles. The lowest BCUT2D eigenvalue weighted by Crippen LogP contribution is -2.26. The molecule has 114 valence electrons. The molecule has 22 heavy (non-hydrogen) atoms. The van der Waals surface area contributed by atoms with Gasteiger partial charge in [0.25, 0.3) is 5.91 Å². The first-order valence-electron chi connectivity index (χ1n) is 6.31. The van der Waals surface area contributed by atoms with E-state index in [-0.39, 0.29) is 12.5 Å². The molecular weight excluding hydrogens is 478 g/mol. The fraction of sp³-hybridized carbons (Fsp3) is 0.0667. The highest BCUT2D eigenvalue weighted by atomic mass is 79.9. The van der Waals surface area contributed by atoms with Crippen LogP contribution in [-0.4, -0.2) is 18.7 Å². The lowest BCUT2D eigenvalue weighted by Gasteiger charge is -2.07. The molecule has 0 radical (unpaired) electrons. The van der Waals surface area contributed by atoms with Crippen molar-refractivity contribution in [2.75, 3.05) is 11.9 Å². The van der Waals surface area contributed by atoms with Gasteiger partial charge in [-0.05, 0) is 51.8 Å². The van der Waals surface area contributed by atoms with Crippen molar-refractivity contribution in [2.24, 2.45) is 5.10 Å². The van der Waals surface area contributed by atoms with Crippen molar-refractivity contribution in [2.45, 2.75) is 0 Å². The molecule has 0 heterocycles. The summed E-state index contributed by atoms with van der Waals surface area (Å²) in [5.74, 6) is -0.219. The molecule has 0 aliphatic rings. The summed E-state index contributed by atoms with van der Waals surface area (Å²) in [5.41, 5.74) is 4.23. The minimum absolute atomic E-state index is 0.137. The summed E-state index contributed by atoms with van der Waals surface area (Å²) >= 11 is 10.2. The Kier molecular flexibility index (Phi) is 6.60. The van der Waals surface area contributed by atoms with Crippen molar-refractivity contribution < 1.29 is 4.79 Å². The lowest BCUT2D eigenvalue weighted by molar-refractivity contribution is -0.119. The fourth-order valence-electron chi connectivity index (χ4n) is 1.58. The summed E-state index contributed by atoms with van der Waals surface area (Å²) < 4.78 is 2.85. The van der Waals surface area contributed by atoms with Crippen molar-refractivity contribution in [1.82, 2.24) is 5.43 Å². The fourth-order valence-corrected chi connectivity index (χ4v) is 3.03. The zero-order valence-electron chi connectivity index (χ0n) is 11.3. The number of halogens is 3. The highest BCUT2D eigenvalue weighted by Crippen LogP contribution is 2.25. The molecule has 2 aromatic rings. The molecule has 4 nitrogen and oxygen atoms in total. The van der Waals surface area contributed by atoms with Crippen molar-refractivity contribution in [3.63, 3.8) is 0 Å². The molecule has 0 aliphatic carbocycles. The minimum Gasteiger partial charge on any atom is -0.375 e. The number of benzene rings is 2. The van der Waals surface area contributed by atoms with E-state index in [2.05, 4.69) is 63.6 Å². The number of anilines is 1. The Balaban J connectivity index is 1.81. The Labute approximate surface area is 153 Å². The van der Waals surface area contributed by atoms with Crippen molar-refractivity contribution in [3.8, 4) is 0 Å². The molecule has 0 unspecified atom stereocenters. The van der Waals surface area contributed by atoms with E-state index in [0.717, 1.165) is 24.7 Å². The molecule has 2 aromatic carbocycles. The van der Waals surface area contributed by atoms with Gasteiger partial charge >= 0.3 is 0 Å². The second kappa shape index (κ2) is 8.45. The summed E-state index contributed by atoms with van der Waals surface area (Å²) in [5, 5.41) is 6.96. The SMILES string of the molecule is O=C(CNc1ccc(Br)cc1Br)N/N=C/c1ccc(Br)cc1. The summed E-state index contributed by atoms with van der Waals surface area (Å²) in [4.78, 5) is 11.7. The predicted molar refractivity (Wildman–Crippen MR) is 100 cm³/mol. The van der Waals surface area contributed by atoms with E-state index in [0.29, 0.717) is 0 Å². The first-order valence-corrected chi connectivity index (χ1v) is 8.69. The standard InChI is InChI=1S/C15H12Br3N3O/c16-11-3-1-10(2-4-11)8-20-21-15(22)9-19-14-6-5-12(17)7-13(14)18/h1-8,19H,9H2,(H,21,22)/b20-8+. The third-order valence-electron chi connectivity index (χ3n) is 2.64. The Morgan fingerprint density at radius 1 is 1.05 bits per heavy atom. The van der Waals surface area contributed by atoms with Crippen LogP contribution >= 0.6 is 47.8 Å². The second-order valence-corrected chi connectivity index (χ2v) is 7.01. The zero-order valence-corrected chi connectivity index (χ0v) is 16.1. The number of carbonyl (C=O) groups excluding carboxylic acids is 1. The maximum atomic E-state index is 11.7. The summed E-state index contributed by atoms with van der Waals surface area (Å²) in [7, 11) is 0. The molecule has 2 rings (SSSR count). The van der Waals surface area contributed by atoms with Gasteiger partial charge in [0, 0.05) is 19.1 Å². The van der Waals surface area contributed by atoms with Gasteiger partial charge in [-0.1, -0.05) is 44.0 Å². The van der Waals surface area contributed by atoms with Gasteiger partial charge in [-0.15, -0.1) is 0 Å². The predicted octanol–water partition coefficient (Wildman–Crippen LogP) is 4.54. The third kappa shape index (κ3) is 5.55. The number of rotatable bonds is 5.